The van der Waals surface area contributed by atoms with Crippen LogP contribution in [0.15, 0.2) is 30.3 Å². The summed E-state index contributed by atoms with van der Waals surface area (Å²) in [6, 6.07) is 8.75. The largest absolute Gasteiger partial charge is 0.412 e. The van der Waals surface area contributed by atoms with Crippen molar-refractivity contribution in [2.75, 3.05) is 6.54 Å². The number of hydrogen-bond donors (Lipinski definition) is 1. The van der Waals surface area contributed by atoms with E-state index in [1.807, 2.05) is 19.9 Å². The van der Waals surface area contributed by atoms with Gasteiger partial charge in [-0.05, 0) is 18.6 Å². The van der Waals surface area contributed by atoms with Crippen LogP contribution < -0.4 is 10.1 Å². The Balaban J connectivity index is 2.31. The Morgan fingerprint density at radius 1 is 1.28 bits per heavy atom. The van der Waals surface area contributed by atoms with Crippen molar-refractivity contribution in [3.05, 3.63) is 30.3 Å². The highest BCUT2D eigenvalue weighted by atomic mass is 16.6. The second-order valence-electron chi connectivity index (χ2n) is 4.21. The predicted molar refractivity (Wildman–Crippen MR) is 69.5 cm³/mol. The molecule has 4 nitrogen and oxygen atoms in total. The molecule has 1 unspecified atom stereocenters. The van der Waals surface area contributed by atoms with Gasteiger partial charge in [-0.15, -0.1) is 0 Å². The van der Waals surface area contributed by atoms with Gasteiger partial charge < -0.3 is 10.1 Å². The summed E-state index contributed by atoms with van der Waals surface area (Å²) in [5.41, 5.74) is 0. The fourth-order valence-electron chi connectivity index (χ4n) is 1.56. The van der Waals surface area contributed by atoms with Crippen LogP contribution >= 0.6 is 0 Å². The third-order valence-electron chi connectivity index (χ3n) is 2.63. The van der Waals surface area contributed by atoms with E-state index in [4.69, 9.17) is 4.74 Å². The van der Waals surface area contributed by atoms with Crippen LogP contribution in [-0.2, 0) is 4.79 Å². The van der Waals surface area contributed by atoms with Crippen molar-refractivity contribution in [2.24, 2.45) is 5.92 Å². The number of nitrogens with one attached hydrogen (secondary N) is 1. The highest BCUT2D eigenvalue weighted by Crippen LogP contribution is 2.08. The summed E-state index contributed by atoms with van der Waals surface area (Å²) in [4.78, 5) is 23.0. The Morgan fingerprint density at radius 2 is 1.94 bits per heavy atom. The number of carbonyl (C=O) groups is 2. The van der Waals surface area contributed by atoms with Crippen molar-refractivity contribution in [3.63, 3.8) is 0 Å². The number of Topliss-reactive ketones (excluding diaryl/α,β-unsaturated/α-hetero) is 1. The summed E-state index contributed by atoms with van der Waals surface area (Å²) in [6.45, 7) is 3.92. The smallest absolute Gasteiger partial charge is 0.410 e. The van der Waals surface area contributed by atoms with Crippen molar-refractivity contribution in [1.82, 2.24) is 5.32 Å². The van der Waals surface area contributed by atoms with Crippen LogP contribution in [0.2, 0.25) is 0 Å². The Morgan fingerprint density at radius 3 is 2.56 bits per heavy atom. The number of benzene rings is 1. The molecular weight excluding hydrogens is 230 g/mol. The van der Waals surface area contributed by atoms with Crippen LogP contribution in [0.5, 0.6) is 5.75 Å². The summed E-state index contributed by atoms with van der Waals surface area (Å²) >= 11 is 0. The minimum atomic E-state index is -0.599. The van der Waals surface area contributed by atoms with Gasteiger partial charge in [0, 0.05) is 5.92 Å². The first-order valence-corrected chi connectivity index (χ1v) is 6.17. The van der Waals surface area contributed by atoms with Gasteiger partial charge in [0.05, 0.1) is 6.54 Å². The fourth-order valence-corrected chi connectivity index (χ4v) is 1.56. The molecule has 0 saturated heterocycles. The molecule has 0 spiro atoms. The summed E-state index contributed by atoms with van der Waals surface area (Å²) in [7, 11) is 0. The van der Waals surface area contributed by atoms with Gasteiger partial charge in [0.2, 0.25) is 0 Å². The molecule has 0 heterocycles. The zero-order valence-corrected chi connectivity index (χ0v) is 10.8. The van der Waals surface area contributed by atoms with E-state index in [1.165, 1.54) is 0 Å². The number of amides is 1. The average molecular weight is 249 g/mol. The van der Waals surface area contributed by atoms with Gasteiger partial charge >= 0.3 is 6.09 Å². The van der Waals surface area contributed by atoms with E-state index in [-0.39, 0.29) is 18.2 Å². The summed E-state index contributed by atoms with van der Waals surface area (Å²) in [5, 5.41) is 2.46. The maximum Gasteiger partial charge on any atom is 0.412 e. The van der Waals surface area contributed by atoms with Gasteiger partial charge in [-0.25, -0.2) is 4.79 Å². The molecule has 1 N–H and O–H groups in total. The van der Waals surface area contributed by atoms with Crippen LogP contribution in [-0.4, -0.2) is 18.4 Å². The number of para-hydroxylation sites is 1. The molecule has 0 radical (unpaired) electrons. The van der Waals surface area contributed by atoms with E-state index in [2.05, 4.69) is 5.32 Å². The summed E-state index contributed by atoms with van der Waals surface area (Å²) in [5.74, 6) is 0.470. The van der Waals surface area contributed by atoms with Crippen LogP contribution in [0.1, 0.15) is 26.7 Å². The first-order chi connectivity index (χ1) is 8.63. The predicted octanol–water partition coefficient (Wildman–Crippen LogP) is 2.78. The lowest BCUT2D eigenvalue weighted by Gasteiger charge is -2.10. The topological polar surface area (TPSA) is 55.4 Å². The van der Waals surface area contributed by atoms with Crippen LogP contribution in [0, 0.1) is 5.92 Å². The maximum absolute atomic E-state index is 11.6. The minimum Gasteiger partial charge on any atom is -0.410 e. The Bertz CT molecular complexity index is 389. The third-order valence-corrected chi connectivity index (χ3v) is 2.63. The van der Waals surface area contributed by atoms with Gasteiger partial charge in [0.15, 0.2) is 5.78 Å². The third kappa shape index (κ3) is 4.99. The molecule has 1 amide bonds. The SMILES string of the molecule is CCCC(C)C(=O)CNC(=O)Oc1ccccc1. The van der Waals surface area contributed by atoms with Crippen LogP contribution in [0.3, 0.4) is 0 Å². The van der Waals surface area contributed by atoms with Gasteiger partial charge in [0.1, 0.15) is 5.75 Å². The molecule has 1 atom stereocenters. The molecule has 18 heavy (non-hydrogen) atoms. The van der Waals surface area contributed by atoms with Crippen molar-refractivity contribution < 1.29 is 14.3 Å². The van der Waals surface area contributed by atoms with Gasteiger partial charge in [-0.2, -0.15) is 0 Å². The van der Waals surface area contributed by atoms with E-state index >= 15 is 0 Å². The number of carbonyl (C=O) groups excluding carboxylic acids is 2. The van der Waals surface area contributed by atoms with Gasteiger partial charge in [-0.1, -0.05) is 38.5 Å². The van der Waals surface area contributed by atoms with E-state index in [0.29, 0.717) is 5.75 Å². The molecular formula is C14H19NO3. The maximum atomic E-state index is 11.6. The average Bonchev–Trinajstić information content (AvgIpc) is 2.37. The molecule has 0 aliphatic rings. The second-order valence-corrected chi connectivity index (χ2v) is 4.21. The molecule has 0 aliphatic carbocycles. The lowest BCUT2D eigenvalue weighted by Crippen LogP contribution is -2.34. The van der Waals surface area contributed by atoms with Crippen LogP contribution in [0.25, 0.3) is 0 Å². The van der Waals surface area contributed by atoms with Crippen molar-refractivity contribution in [2.45, 2.75) is 26.7 Å². The lowest BCUT2D eigenvalue weighted by atomic mass is 10.0. The summed E-state index contributed by atoms with van der Waals surface area (Å²) < 4.78 is 5.00. The first kappa shape index (κ1) is 14.2. The highest BCUT2D eigenvalue weighted by molar-refractivity contribution is 5.85. The fraction of sp³-hybridized carbons (Fsp3) is 0.429. The molecule has 0 saturated carbocycles. The highest BCUT2D eigenvalue weighted by Gasteiger charge is 2.13. The normalized spacial score (nSPS) is 11.7. The zero-order chi connectivity index (χ0) is 13.4. The summed E-state index contributed by atoms with van der Waals surface area (Å²) in [6.07, 6.45) is 1.20. The monoisotopic (exact) mass is 249 g/mol. The van der Waals surface area contributed by atoms with Crippen LogP contribution in [0.4, 0.5) is 4.79 Å². The number of hydrogen-bond acceptors (Lipinski definition) is 3. The van der Waals surface area contributed by atoms with E-state index in [9.17, 15) is 9.59 Å². The zero-order valence-electron chi connectivity index (χ0n) is 10.8. The Kier molecular flexibility index (Phi) is 5.91. The number of rotatable bonds is 6. The molecule has 0 aromatic heterocycles. The number of ether oxygens (including phenoxy) is 1. The molecule has 0 bridgehead atoms. The molecule has 1 aromatic rings. The molecule has 1 aromatic carbocycles. The van der Waals surface area contributed by atoms with Gasteiger partial charge in [-0.3, -0.25) is 4.79 Å². The number of ketones is 1. The molecule has 0 aliphatic heterocycles. The van der Waals surface area contributed by atoms with Gasteiger partial charge in [0.25, 0.3) is 0 Å². The lowest BCUT2D eigenvalue weighted by molar-refractivity contribution is -0.121. The molecule has 1 rings (SSSR count). The first-order valence-electron chi connectivity index (χ1n) is 6.17. The van der Waals surface area contributed by atoms with Crippen molar-refractivity contribution in [1.29, 1.82) is 0 Å². The standard InChI is InChI=1S/C14H19NO3/c1-3-7-11(2)13(16)10-15-14(17)18-12-8-5-4-6-9-12/h4-6,8-9,11H,3,7,10H2,1-2H3,(H,15,17). The Hall–Kier alpha value is -1.84. The van der Waals surface area contributed by atoms with E-state index < -0.39 is 6.09 Å². The quantitative estimate of drug-likeness (QED) is 0.843. The minimum absolute atomic E-state index is 0.0207. The molecule has 0 fully saturated rings. The van der Waals surface area contributed by atoms with E-state index in [0.717, 1.165) is 12.8 Å². The van der Waals surface area contributed by atoms with Crippen molar-refractivity contribution >= 4 is 11.9 Å². The molecule has 4 heteroatoms. The molecule has 98 valence electrons. The van der Waals surface area contributed by atoms with E-state index in [1.54, 1.807) is 24.3 Å². The Labute approximate surface area is 107 Å². The van der Waals surface area contributed by atoms with Crippen molar-refractivity contribution in [3.8, 4) is 5.75 Å². The second kappa shape index (κ2) is 7.48.